The third-order valence-electron chi connectivity index (χ3n) is 1.84. The maximum atomic E-state index is 13.3. The van der Waals surface area contributed by atoms with Gasteiger partial charge in [-0.3, -0.25) is 0 Å². The van der Waals surface area contributed by atoms with Crippen molar-refractivity contribution in [1.29, 1.82) is 0 Å². The van der Waals surface area contributed by atoms with E-state index in [0.717, 1.165) is 5.56 Å². The average Bonchev–Trinajstić information content (AvgIpc) is 2.00. The Morgan fingerprint density at radius 1 is 1.43 bits per heavy atom. The van der Waals surface area contributed by atoms with Crippen molar-refractivity contribution in [3.63, 3.8) is 0 Å². The van der Waals surface area contributed by atoms with Crippen LogP contribution in [0.4, 0.5) is 10.1 Å². The molecule has 1 rings (SSSR count). The number of aliphatic hydroxyl groups is 1. The highest BCUT2D eigenvalue weighted by Crippen LogP contribution is 2.16. The van der Waals surface area contributed by atoms with E-state index >= 15 is 0 Å². The summed E-state index contributed by atoms with van der Waals surface area (Å²) in [5.74, 6) is -0.283. The molecule has 2 N–H and O–H groups in total. The predicted molar refractivity (Wildman–Crippen MR) is 55.9 cm³/mol. The Morgan fingerprint density at radius 3 is 2.57 bits per heavy atom. The van der Waals surface area contributed by atoms with E-state index in [1.165, 1.54) is 6.07 Å². The van der Waals surface area contributed by atoms with Gasteiger partial charge in [0.1, 0.15) is 5.82 Å². The average molecular weight is 197 g/mol. The molecule has 0 radical (unpaired) electrons. The molecule has 0 bridgehead atoms. The number of nitrogens with one attached hydrogen (secondary N) is 1. The number of halogens is 1. The van der Waals surface area contributed by atoms with Crippen molar-refractivity contribution in [3.8, 4) is 0 Å². The molecular formula is C11H16FNO. The smallest absolute Gasteiger partial charge is 0.146 e. The molecule has 1 aromatic carbocycles. The van der Waals surface area contributed by atoms with Crippen molar-refractivity contribution >= 4 is 5.69 Å². The van der Waals surface area contributed by atoms with Crippen LogP contribution in [0, 0.1) is 12.7 Å². The van der Waals surface area contributed by atoms with Crippen LogP contribution in [-0.2, 0) is 0 Å². The largest absolute Gasteiger partial charge is 0.389 e. The highest BCUT2D eigenvalue weighted by Gasteiger charge is 2.12. The van der Waals surface area contributed by atoms with E-state index in [-0.39, 0.29) is 5.82 Å². The molecule has 1 aromatic rings. The van der Waals surface area contributed by atoms with Crippen LogP contribution in [0.25, 0.3) is 0 Å². The van der Waals surface area contributed by atoms with Gasteiger partial charge in [0.15, 0.2) is 0 Å². The second-order valence-corrected chi connectivity index (χ2v) is 4.15. The maximum Gasteiger partial charge on any atom is 0.146 e. The molecule has 0 aromatic heterocycles. The summed E-state index contributed by atoms with van der Waals surface area (Å²) in [6.07, 6.45) is 0. The van der Waals surface area contributed by atoms with Crippen LogP contribution in [0.2, 0.25) is 0 Å². The maximum absolute atomic E-state index is 13.3. The third-order valence-corrected chi connectivity index (χ3v) is 1.84. The Morgan fingerprint density at radius 2 is 2.07 bits per heavy atom. The van der Waals surface area contributed by atoms with Gasteiger partial charge >= 0.3 is 0 Å². The Labute approximate surface area is 83.8 Å². The number of benzene rings is 1. The van der Waals surface area contributed by atoms with Gasteiger partial charge in [0.2, 0.25) is 0 Å². The first-order valence-electron chi connectivity index (χ1n) is 4.61. The lowest BCUT2D eigenvalue weighted by molar-refractivity contribution is 0.0944. The Bertz CT molecular complexity index is 318. The summed E-state index contributed by atoms with van der Waals surface area (Å²) in [5, 5.41) is 12.3. The second-order valence-electron chi connectivity index (χ2n) is 4.15. The van der Waals surface area contributed by atoms with E-state index in [0.29, 0.717) is 12.2 Å². The van der Waals surface area contributed by atoms with Crippen LogP contribution < -0.4 is 5.32 Å². The minimum Gasteiger partial charge on any atom is -0.389 e. The molecule has 0 fully saturated rings. The van der Waals surface area contributed by atoms with Crippen LogP contribution in [0.1, 0.15) is 19.4 Å². The topological polar surface area (TPSA) is 32.3 Å². The molecule has 78 valence electrons. The Kier molecular flexibility index (Phi) is 3.11. The van der Waals surface area contributed by atoms with Crippen LogP contribution >= 0.6 is 0 Å². The van der Waals surface area contributed by atoms with Crippen molar-refractivity contribution in [2.24, 2.45) is 0 Å². The fourth-order valence-electron chi connectivity index (χ4n) is 1.08. The van der Waals surface area contributed by atoms with Crippen molar-refractivity contribution in [2.75, 3.05) is 11.9 Å². The Balaban J connectivity index is 2.68. The van der Waals surface area contributed by atoms with Crippen molar-refractivity contribution in [2.45, 2.75) is 26.4 Å². The normalized spacial score (nSPS) is 11.5. The summed E-state index contributed by atoms with van der Waals surface area (Å²) in [4.78, 5) is 0. The molecule has 0 aliphatic heterocycles. The summed E-state index contributed by atoms with van der Waals surface area (Å²) in [5.41, 5.74) is 0.478. The van der Waals surface area contributed by atoms with Gasteiger partial charge in [-0.2, -0.15) is 0 Å². The quantitative estimate of drug-likeness (QED) is 0.779. The van der Waals surface area contributed by atoms with Crippen LogP contribution in [0.15, 0.2) is 18.2 Å². The highest BCUT2D eigenvalue weighted by molar-refractivity contribution is 5.46. The lowest BCUT2D eigenvalue weighted by Gasteiger charge is -2.18. The number of aryl methyl sites for hydroxylation is 1. The SMILES string of the molecule is Cc1ccc(NCC(C)(C)O)c(F)c1. The van der Waals surface area contributed by atoms with Gasteiger partial charge in [-0.05, 0) is 38.5 Å². The molecule has 0 atom stereocenters. The molecule has 0 saturated heterocycles. The van der Waals surface area contributed by atoms with Gasteiger partial charge in [-0.1, -0.05) is 6.07 Å². The van der Waals surface area contributed by atoms with E-state index in [2.05, 4.69) is 5.32 Å². The summed E-state index contributed by atoms with van der Waals surface area (Å²) in [7, 11) is 0. The van der Waals surface area contributed by atoms with E-state index in [4.69, 9.17) is 0 Å². The summed E-state index contributed by atoms with van der Waals surface area (Å²) < 4.78 is 13.3. The predicted octanol–water partition coefficient (Wildman–Crippen LogP) is 2.32. The molecule has 0 amide bonds. The first-order chi connectivity index (χ1) is 6.38. The minimum atomic E-state index is -0.836. The molecule has 0 saturated carbocycles. The molecule has 0 spiro atoms. The fourth-order valence-corrected chi connectivity index (χ4v) is 1.08. The molecule has 0 heterocycles. The van der Waals surface area contributed by atoms with Crippen LogP contribution in [-0.4, -0.2) is 17.3 Å². The first kappa shape index (κ1) is 11.0. The zero-order valence-corrected chi connectivity index (χ0v) is 8.76. The lowest BCUT2D eigenvalue weighted by atomic mass is 10.1. The van der Waals surface area contributed by atoms with E-state index in [1.54, 1.807) is 19.9 Å². The number of rotatable bonds is 3. The summed E-state index contributed by atoms with van der Waals surface area (Å²) >= 11 is 0. The fraction of sp³-hybridized carbons (Fsp3) is 0.455. The van der Waals surface area contributed by atoms with E-state index < -0.39 is 5.60 Å². The zero-order valence-electron chi connectivity index (χ0n) is 8.76. The Hall–Kier alpha value is -1.09. The molecule has 0 aliphatic carbocycles. The van der Waals surface area contributed by atoms with Gasteiger partial charge < -0.3 is 10.4 Å². The first-order valence-corrected chi connectivity index (χ1v) is 4.61. The standard InChI is InChI=1S/C11H16FNO/c1-8-4-5-10(9(12)6-8)13-7-11(2,3)14/h4-6,13-14H,7H2,1-3H3. The monoisotopic (exact) mass is 197 g/mol. The van der Waals surface area contributed by atoms with Gasteiger partial charge in [0.25, 0.3) is 0 Å². The molecule has 0 aliphatic rings. The van der Waals surface area contributed by atoms with E-state index in [9.17, 15) is 9.50 Å². The van der Waals surface area contributed by atoms with Gasteiger partial charge in [0.05, 0.1) is 11.3 Å². The van der Waals surface area contributed by atoms with Gasteiger partial charge in [0, 0.05) is 6.54 Å². The third kappa shape index (κ3) is 3.34. The molecule has 2 nitrogen and oxygen atoms in total. The molecular weight excluding hydrogens is 181 g/mol. The molecule has 14 heavy (non-hydrogen) atoms. The summed E-state index contributed by atoms with van der Waals surface area (Å²) in [6, 6.07) is 4.97. The van der Waals surface area contributed by atoms with Gasteiger partial charge in [-0.25, -0.2) is 4.39 Å². The van der Waals surface area contributed by atoms with Crippen molar-refractivity contribution in [1.82, 2.24) is 0 Å². The number of anilines is 1. The van der Waals surface area contributed by atoms with Gasteiger partial charge in [-0.15, -0.1) is 0 Å². The number of hydrogen-bond donors (Lipinski definition) is 2. The molecule has 3 heteroatoms. The van der Waals surface area contributed by atoms with Crippen molar-refractivity contribution < 1.29 is 9.50 Å². The van der Waals surface area contributed by atoms with Crippen LogP contribution in [0.5, 0.6) is 0 Å². The van der Waals surface area contributed by atoms with Crippen LogP contribution in [0.3, 0.4) is 0 Å². The number of hydrogen-bond acceptors (Lipinski definition) is 2. The zero-order chi connectivity index (χ0) is 10.8. The summed E-state index contributed by atoms with van der Waals surface area (Å²) in [6.45, 7) is 5.51. The van der Waals surface area contributed by atoms with Crippen molar-refractivity contribution in [3.05, 3.63) is 29.6 Å². The second kappa shape index (κ2) is 3.96. The van der Waals surface area contributed by atoms with E-state index in [1.807, 2.05) is 13.0 Å². The highest BCUT2D eigenvalue weighted by atomic mass is 19.1. The lowest BCUT2D eigenvalue weighted by Crippen LogP contribution is -2.29. The minimum absolute atomic E-state index is 0.283. The molecule has 0 unspecified atom stereocenters.